The van der Waals surface area contributed by atoms with Gasteiger partial charge < -0.3 is 10.6 Å². The van der Waals surface area contributed by atoms with E-state index >= 15 is 0 Å². The molecule has 156 valence electrons. The molecule has 3 heterocycles. The van der Waals surface area contributed by atoms with Gasteiger partial charge in [-0.1, -0.05) is 0 Å². The highest BCUT2D eigenvalue weighted by Gasteiger charge is 2.31. The van der Waals surface area contributed by atoms with Crippen molar-refractivity contribution in [1.82, 2.24) is 24.4 Å². The molecule has 0 unspecified atom stereocenters. The zero-order chi connectivity index (χ0) is 21.6. The molecule has 1 fully saturated rings. The Bertz CT molecular complexity index is 1300. The second-order valence-electron chi connectivity index (χ2n) is 7.19. The molecule has 0 radical (unpaired) electrons. The molecule has 11 heteroatoms. The van der Waals surface area contributed by atoms with Crippen LogP contribution in [0.1, 0.15) is 24.1 Å². The third-order valence-corrected chi connectivity index (χ3v) is 4.81. The molecule has 0 saturated heterocycles. The van der Waals surface area contributed by atoms with Crippen molar-refractivity contribution in [2.24, 2.45) is 0 Å². The Morgan fingerprint density at radius 1 is 1.16 bits per heavy atom. The van der Waals surface area contributed by atoms with Crippen LogP contribution in [0.4, 0.5) is 30.4 Å². The Balaban J connectivity index is 1.59. The summed E-state index contributed by atoms with van der Waals surface area (Å²) in [5, 5.41) is 24.0. The number of imidazole rings is 1. The number of hydrogen-bond acceptors (Lipinski definition) is 6. The molecule has 0 atom stereocenters. The zero-order valence-corrected chi connectivity index (χ0v) is 15.9. The first-order valence-corrected chi connectivity index (χ1v) is 9.45. The van der Waals surface area contributed by atoms with E-state index in [0.717, 1.165) is 25.0 Å². The van der Waals surface area contributed by atoms with E-state index in [-0.39, 0.29) is 22.9 Å². The fourth-order valence-electron chi connectivity index (χ4n) is 3.21. The summed E-state index contributed by atoms with van der Waals surface area (Å²) in [4.78, 5) is 4.24. The molecule has 0 spiro atoms. The van der Waals surface area contributed by atoms with Gasteiger partial charge in [-0.25, -0.2) is 9.67 Å². The normalized spacial score (nSPS) is 13.9. The zero-order valence-electron chi connectivity index (χ0n) is 15.9. The first-order chi connectivity index (χ1) is 14.9. The van der Waals surface area contributed by atoms with Crippen LogP contribution in [0.3, 0.4) is 0 Å². The summed E-state index contributed by atoms with van der Waals surface area (Å²) in [6, 6.07) is 9.20. The van der Waals surface area contributed by atoms with Crippen LogP contribution >= 0.6 is 0 Å². The first-order valence-electron chi connectivity index (χ1n) is 9.45. The summed E-state index contributed by atoms with van der Waals surface area (Å²) in [6.45, 7) is 0. The van der Waals surface area contributed by atoms with Crippen molar-refractivity contribution in [2.75, 3.05) is 10.6 Å². The minimum atomic E-state index is -4.53. The van der Waals surface area contributed by atoms with Crippen LogP contribution in [0.5, 0.6) is 0 Å². The molecule has 8 nitrogen and oxygen atoms in total. The molecular formula is C20H15F3N8. The predicted molar refractivity (Wildman–Crippen MR) is 106 cm³/mol. The number of nitrogens with zero attached hydrogens (tertiary/aromatic N) is 6. The summed E-state index contributed by atoms with van der Waals surface area (Å²) in [7, 11) is 0. The Morgan fingerprint density at radius 3 is 2.68 bits per heavy atom. The van der Waals surface area contributed by atoms with Gasteiger partial charge in [0, 0.05) is 30.2 Å². The lowest BCUT2D eigenvalue weighted by Gasteiger charge is -2.15. The Hall–Kier alpha value is -4.07. The van der Waals surface area contributed by atoms with E-state index in [1.54, 1.807) is 24.4 Å². The second kappa shape index (κ2) is 7.02. The highest BCUT2D eigenvalue weighted by atomic mass is 19.4. The van der Waals surface area contributed by atoms with Gasteiger partial charge in [0.2, 0.25) is 0 Å². The molecule has 1 aliphatic carbocycles. The van der Waals surface area contributed by atoms with E-state index in [2.05, 4.69) is 25.8 Å². The molecule has 0 amide bonds. The third-order valence-electron chi connectivity index (χ3n) is 4.81. The molecule has 4 aromatic rings. The highest BCUT2D eigenvalue weighted by Crippen LogP contribution is 2.34. The van der Waals surface area contributed by atoms with Crippen molar-refractivity contribution < 1.29 is 13.2 Å². The van der Waals surface area contributed by atoms with E-state index in [4.69, 9.17) is 0 Å². The maximum absolute atomic E-state index is 13.5. The number of nitriles is 1. The van der Waals surface area contributed by atoms with Crippen molar-refractivity contribution >= 4 is 22.8 Å². The molecular weight excluding hydrogens is 409 g/mol. The number of benzene rings is 1. The largest absolute Gasteiger partial charge is 0.416 e. The van der Waals surface area contributed by atoms with Gasteiger partial charge in [-0.15, -0.1) is 5.10 Å². The Labute approximate surface area is 173 Å². The Kier molecular flexibility index (Phi) is 4.28. The van der Waals surface area contributed by atoms with Gasteiger partial charge in [0.1, 0.15) is 6.07 Å². The number of alkyl halides is 3. The SMILES string of the molecule is N#Cc1cnc2c(NC3CC3)cc(Nc3cc(-n4cccn4)cc(C(F)(F)F)c3)nn12. The van der Waals surface area contributed by atoms with Crippen LogP contribution in [-0.4, -0.2) is 30.4 Å². The van der Waals surface area contributed by atoms with E-state index in [1.165, 1.54) is 21.6 Å². The smallest absolute Gasteiger partial charge is 0.379 e. The lowest BCUT2D eigenvalue weighted by Crippen LogP contribution is -2.10. The van der Waals surface area contributed by atoms with Crippen molar-refractivity contribution in [3.05, 3.63) is 60.2 Å². The number of anilines is 3. The van der Waals surface area contributed by atoms with Crippen molar-refractivity contribution in [3.8, 4) is 11.8 Å². The monoisotopic (exact) mass is 424 g/mol. The van der Waals surface area contributed by atoms with Crippen LogP contribution in [0.2, 0.25) is 0 Å². The number of halogens is 3. The average Bonchev–Trinajstić information content (AvgIpc) is 3.22. The standard InChI is InChI=1S/C20H15F3N8/c21-20(22,23)12-6-14(8-15(7-12)30-5-1-4-26-30)28-18-9-17(27-13-2-3-13)19-25-11-16(10-24)31(19)29-18/h1,4-9,11,13,27H,2-3H2,(H,28,29). The highest BCUT2D eigenvalue weighted by molar-refractivity contribution is 5.74. The van der Waals surface area contributed by atoms with Gasteiger partial charge in [0.05, 0.1) is 23.1 Å². The number of rotatable bonds is 5. The van der Waals surface area contributed by atoms with Crippen molar-refractivity contribution in [1.29, 1.82) is 5.26 Å². The minimum absolute atomic E-state index is 0.183. The van der Waals surface area contributed by atoms with Crippen LogP contribution in [0.25, 0.3) is 11.3 Å². The van der Waals surface area contributed by atoms with Crippen molar-refractivity contribution in [2.45, 2.75) is 25.1 Å². The molecule has 1 saturated carbocycles. The summed E-state index contributed by atoms with van der Waals surface area (Å²) in [5.74, 6) is 0.274. The molecule has 31 heavy (non-hydrogen) atoms. The molecule has 0 aliphatic heterocycles. The van der Waals surface area contributed by atoms with Crippen LogP contribution in [0.15, 0.2) is 48.9 Å². The molecule has 2 N–H and O–H groups in total. The molecule has 5 rings (SSSR count). The maximum Gasteiger partial charge on any atom is 0.416 e. The summed E-state index contributed by atoms with van der Waals surface area (Å²) in [5.41, 5.74) is 0.971. The lowest BCUT2D eigenvalue weighted by atomic mass is 10.1. The first kappa shape index (κ1) is 18.9. The number of fused-ring (bicyclic) bond motifs is 1. The van der Waals surface area contributed by atoms with Crippen LogP contribution in [-0.2, 0) is 6.18 Å². The molecule has 1 aliphatic rings. The fourth-order valence-corrected chi connectivity index (χ4v) is 3.21. The van der Waals surface area contributed by atoms with Gasteiger partial charge in [-0.2, -0.15) is 28.0 Å². The quantitative estimate of drug-likeness (QED) is 0.500. The lowest BCUT2D eigenvalue weighted by molar-refractivity contribution is -0.137. The van der Waals surface area contributed by atoms with Gasteiger partial charge in [-0.05, 0) is 37.1 Å². The predicted octanol–water partition coefficient (Wildman–Crippen LogP) is 4.12. The van der Waals surface area contributed by atoms with Gasteiger partial charge >= 0.3 is 6.18 Å². The van der Waals surface area contributed by atoms with Crippen LogP contribution < -0.4 is 10.6 Å². The van der Waals surface area contributed by atoms with Gasteiger partial charge in [-0.3, -0.25) is 0 Å². The molecule has 1 aromatic carbocycles. The second-order valence-corrected chi connectivity index (χ2v) is 7.19. The number of nitrogens with one attached hydrogen (secondary N) is 2. The van der Waals surface area contributed by atoms with Crippen molar-refractivity contribution in [3.63, 3.8) is 0 Å². The van der Waals surface area contributed by atoms with E-state index in [9.17, 15) is 18.4 Å². The molecule has 3 aromatic heterocycles. The summed E-state index contributed by atoms with van der Waals surface area (Å²) in [6.07, 6.45) is 1.96. The fraction of sp³-hybridized carbons (Fsp3) is 0.200. The summed E-state index contributed by atoms with van der Waals surface area (Å²) >= 11 is 0. The van der Waals surface area contributed by atoms with Crippen LogP contribution in [0, 0.1) is 11.3 Å². The summed E-state index contributed by atoms with van der Waals surface area (Å²) < 4.78 is 43.1. The topological polar surface area (TPSA) is 95.9 Å². The minimum Gasteiger partial charge on any atom is -0.379 e. The third kappa shape index (κ3) is 3.75. The maximum atomic E-state index is 13.5. The van der Waals surface area contributed by atoms with Gasteiger partial charge in [0.15, 0.2) is 17.2 Å². The van der Waals surface area contributed by atoms with E-state index in [1.807, 2.05) is 6.07 Å². The van der Waals surface area contributed by atoms with E-state index in [0.29, 0.717) is 17.4 Å². The van der Waals surface area contributed by atoms with E-state index < -0.39 is 11.7 Å². The van der Waals surface area contributed by atoms with Gasteiger partial charge in [0.25, 0.3) is 0 Å². The Morgan fingerprint density at radius 2 is 2.00 bits per heavy atom. The molecule has 0 bridgehead atoms. The average molecular weight is 424 g/mol. The number of hydrogen-bond donors (Lipinski definition) is 2. The number of aromatic nitrogens is 5.